The standard InChI is InChI=1S/C14H8O8.C14H4O6/c15-11(16)7-1-5-2-9(13(19)20)10(14(21)22)4-6(5)3-8(7)12(17)18;15-11-5-1-2-6-10-8(14(18)20-12(6)16)4-3-7(9(5)10)13(17)19-11/h1-4H,(H,15,16)(H,17,18)(H,19,20)(H,21,22);1-4H. The van der Waals surface area contributed by atoms with Gasteiger partial charge in [0.1, 0.15) is 0 Å². The Morgan fingerprint density at radius 2 is 0.643 bits per heavy atom. The molecule has 0 atom stereocenters. The summed E-state index contributed by atoms with van der Waals surface area (Å²) in [6, 6.07) is 9.54. The van der Waals surface area contributed by atoms with Gasteiger partial charge in [-0.2, -0.15) is 0 Å². The minimum atomic E-state index is -1.49. The average Bonchev–Trinajstić information content (AvgIpc) is 2.93. The summed E-state index contributed by atoms with van der Waals surface area (Å²) in [7, 11) is 0. The van der Waals surface area contributed by atoms with Crippen molar-refractivity contribution in [3.63, 3.8) is 0 Å². The second-order valence-corrected chi connectivity index (χ2v) is 8.79. The highest BCUT2D eigenvalue weighted by Crippen LogP contribution is 2.36. The highest BCUT2D eigenvalue weighted by Gasteiger charge is 2.35. The van der Waals surface area contributed by atoms with Crippen molar-refractivity contribution in [1.29, 1.82) is 0 Å². The van der Waals surface area contributed by atoms with Crippen molar-refractivity contribution >= 4 is 69.3 Å². The summed E-state index contributed by atoms with van der Waals surface area (Å²) in [5.74, 6) is -9.13. The van der Waals surface area contributed by atoms with E-state index in [1.165, 1.54) is 24.3 Å². The molecule has 0 amide bonds. The quantitative estimate of drug-likeness (QED) is 0.203. The Balaban J connectivity index is 0.000000168. The number of cyclic esters (lactones) is 4. The van der Waals surface area contributed by atoms with E-state index in [0.29, 0.717) is 0 Å². The Labute approximate surface area is 230 Å². The second-order valence-electron chi connectivity index (χ2n) is 8.79. The van der Waals surface area contributed by atoms with E-state index in [2.05, 4.69) is 9.47 Å². The monoisotopic (exact) mass is 572 g/mol. The summed E-state index contributed by atoms with van der Waals surface area (Å²) >= 11 is 0. The Morgan fingerprint density at radius 1 is 0.429 bits per heavy atom. The van der Waals surface area contributed by atoms with E-state index in [1.807, 2.05) is 0 Å². The van der Waals surface area contributed by atoms with Crippen LogP contribution >= 0.6 is 0 Å². The van der Waals surface area contributed by atoms with E-state index in [9.17, 15) is 38.4 Å². The van der Waals surface area contributed by atoms with Crippen molar-refractivity contribution in [2.24, 2.45) is 0 Å². The number of carbonyl (C=O) groups is 8. The van der Waals surface area contributed by atoms with Gasteiger partial charge >= 0.3 is 47.8 Å². The van der Waals surface area contributed by atoms with Crippen LogP contribution in [0.3, 0.4) is 0 Å². The van der Waals surface area contributed by atoms with Crippen LogP contribution in [0.15, 0.2) is 48.5 Å². The molecular weight excluding hydrogens is 560 g/mol. The van der Waals surface area contributed by atoms with Gasteiger partial charge in [-0.25, -0.2) is 38.4 Å². The number of fused-ring (bicyclic) bond motifs is 1. The van der Waals surface area contributed by atoms with Gasteiger partial charge in [-0.05, 0) is 59.3 Å². The van der Waals surface area contributed by atoms with Gasteiger partial charge in [0.05, 0.1) is 44.5 Å². The maximum atomic E-state index is 11.7. The maximum absolute atomic E-state index is 11.7. The van der Waals surface area contributed by atoms with Crippen LogP contribution in [0, 0.1) is 0 Å². The number of hydrogen-bond acceptors (Lipinski definition) is 10. The lowest BCUT2D eigenvalue weighted by atomic mass is 9.89. The van der Waals surface area contributed by atoms with Gasteiger partial charge in [0, 0.05) is 10.8 Å². The molecule has 0 spiro atoms. The molecule has 0 radical (unpaired) electrons. The third kappa shape index (κ3) is 4.24. The highest BCUT2D eigenvalue weighted by atomic mass is 16.6. The predicted octanol–water partition coefficient (Wildman–Crippen LogP) is 3.09. The molecular formula is C28H12O14. The third-order valence-electron chi connectivity index (χ3n) is 6.45. The first-order valence-electron chi connectivity index (χ1n) is 11.5. The van der Waals surface area contributed by atoms with E-state index in [4.69, 9.17) is 20.4 Å². The lowest BCUT2D eigenvalue weighted by Crippen LogP contribution is -2.25. The number of benzene rings is 4. The second kappa shape index (κ2) is 9.63. The molecule has 0 saturated carbocycles. The Bertz CT molecular complexity index is 1740. The molecule has 4 aromatic carbocycles. The fourth-order valence-electron chi connectivity index (χ4n) is 4.62. The molecule has 208 valence electrons. The van der Waals surface area contributed by atoms with E-state index < -0.39 is 70.0 Å². The highest BCUT2D eigenvalue weighted by molar-refractivity contribution is 6.29. The van der Waals surface area contributed by atoms with Crippen molar-refractivity contribution < 1.29 is 68.3 Å². The van der Waals surface area contributed by atoms with Crippen molar-refractivity contribution in [1.82, 2.24) is 0 Å². The van der Waals surface area contributed by atoms with Crippen LogP contribution in [-0.4, -0.2) is 68.2 Å². The Hall–Kier alpha value is -6.44. The summed E-state index contributed by atoms with van der Waals surface area (Å²) in [6.07, 6.45) is 0. The summed E-state index contributed by atoms with van der Waals surface area (Å²) < 4.78 is 9.22. The van der Waals surface area contributed by atoms with Gasteiger partial charge in [-0.3, -0.25) is 0 Å². The molecule has 0 aliphatic carbocycles. The molecule has 2 aliphatic heterocycles. The lowest BCUT2D eigenvalue weighted by Gasteiger charge is -2.21. The van der Waals surface area contributed by atoms with Crippen LogP contribution in [0.1, 0.15) is 82.9 Å². The minimum absolute atomic E-state index is 0.116. The third-order valence-corrected chi connectivity index (χ3v) is 6.45. The number of carbonyl (C=O) groups excluding carboxylic acids is 4. The molecule has 0 saturated heterocycles. The van der Waals surface area contributed by atoms with Gasteiger partial charge in [-0.1, -0.05) is 0 Å². The van der Waals surface area contributed by atoms with E-state index in [-0.39, 0.29) is 43.8 Å². The van der Waals surface area contributed by atoms with Gasteiger partial charge in [-0.15, -0.1) is 0 Å². The van der Waals surface area contributed by atoms with Crippen molar-refractivity contribution in [2.75, 3.05) is 0 Å². The zero-order valence-corrected chi connectivity index (χ0v) is 20.5. The first kappa shape index (κ1) is 27.1. The van der Waals surface area contributed by atoms with Crippen LogP contribution in [0.25, 0.3) is 21.5 Å². The molecule has 4 N–H and O–H groups in total. The summed E-state index contributed by atoms with van der Waals surface area (Å²) in [6.45, 7) is 0. The van der Waals surface area contributed by atoms with Crippen LogP contribution < -0.4 is 0 Å². The predicted molar refractivity (Wildman–Crippen MR) is 135 cm³/mol. The summed E-state index contributed by atoms with van der Waals surface area (Å²) in [4.78, 5) is 91.3. The van der Waals surface area contributed by atoms with E-state index in [1.54, 1.807) is 0 Å². The molecule has 0 aromatic heterocycles. The first-order chi connectivity index (χ1) is 19.8. The Kier molecular flexibility index (Phi) is 6.23. The van der Waals surface area contributed by atoms with Crippen LogP contribution in [0.4, 0.5) is 0 Å². The summed E-state index contributed by atoms with van der Waals surface area (Å²) in [5, 5.41) is 36.9. The number of rotatable bonds is 4. The number of esters is 4. The molecule has 14 nitrogen and oxygen atoms in total. The molecule has 0 bridgehead atoms. The van der Waals surface area contributed by atoms with Crippen molar-refractivity contribution in [2.45, 2.75) is 0 Å². The molecule has 0 fully saturated rings. The van der Waals surface area contributed by atoms with Crippen LogP contribution in [0.5, 0.6) is 0 Å². The Morgan fingerprint density at radius 3 is 0.833 bits per heavy atom. The molecule has 4 aromatic rings. The van der Waals surface area contributed by atoms with Gasteiger partial charge in [0.2, 0.25) is 0 Å². The number of hydrogen-bond donors (Lipinski definition) is 4. The zero-order chi connectivity index (χ0) is 30.6. The van der Waals surface area contributed by atoms with Gasteiger partial charge in [0.15, 0.2) is 0 Å². The van der Waals surface area contributed by atoms with Crippen LogP contribution in [0.2, 0.25) is 0 Å². The largest absolute Gasteiger partial charge is 0.478 e. The van der Waals surface area contributed by atoms with E-state index >= 15 is 0 Å². The number of carboxylic acid groups (broad SMARTS) is 4. The smallest absolute Gasteiger partial charge is 0.346 e. The molecule has 2 aliphatic rings. The summed E-state index contributed by atoms with van der Waals surface area (Å²) in [5.41, 5.74) is -1.44. The maximum Gasteiger partial charge on any atom is 0.346 e. The van der Waals surface area contributed by atoms with E-state index in [0.717, 1.165) is 24.3 Å². The minimum Gasteiger partial charge on any atom is -0.478 e. The zero-order valence-electron chi connectivity index (χ0n) is 20.5. The molecule has 6 rings (SSSR count). The number of aromatic carboxylic acids is 4. The van der Waals surface area contributed by atoms with Crippen LogP contribution in [-0.2, 0) is 9.47 Å². The topological polar surface area (TPSA) is 236 Å². The molecule has 42 heavy (non-hydrogen) atoms. The lowest BCUT2D eigenvalue weighted by molar-refractivity contribution is 0.0366. The molecule has 0 unspecified atom stereocenters. The van der Waals surface area contributed by atoms with Gasteiger partial charge < -0.3 is 29.9 Å². The van der Waals surface area contributed by atoms with Gasteiger partial charge in [0.25, 0.3) is 0 Å². The molecule has 2 heterocycles. The van der Waals surface area contributed by atoms with Crippen molar-refractivity contribution in [3.05, 3.63) is 93.0 Å². The normalized spacial score (nSPS) is 13.1. The fourth-order valence-corrected chi connectivity index (χ4v) is 4.62. The average molecular weight is 572 g/mol. The number of ether oxygens (including phenoxy) is 2. The van der Waals surface area contributed by atoms with Crippen molar-refractivity contribution in [3.8, 4) is 0 Å². The fraction of sp³-hybridized carbons (Fsp3) is 0. The number of carboxylic acids is 4. The SMILES string of the molecule is O=C(O)c1cc2cc(C(=O)O)c(C(=O)O)cc2cc1C(=O)O.O=C1OC(=O)c2ccc3c4c(ccc1c24)C(=O)OC3=O. The molecule has 14 heteroatoms. The first-order valence-corrected chi connectivity index (χ1v) is 11.5.